The lowest BCUT2D eigenvalue weighted by Crippen LogP contribution is -2.54. The molecule has 6 nitrogen and oxygen atoms in total. The summed E-state index contributed by atoms with van der Waals surface area (Å²) in [4.78, 5) is 28.2. The van der Waals surface area contributed by atoms with Gasteiger partial charge in [0.2, 0.25) is 0 Å². The largest absolute Gasteiger partial charge is 0.515 e. The first-order chi connectivity index (χ1) is 20.6. The van der Waals surface area contributed by atoms with E-state index in [1.54, 1.807) is 5.57 Å². The second kappa shape index (κ2) is 10.8. The topological polar surface area (TPSA) is 76.1 Å². The summed E-state index contributed by atoms with van der Waals surface area (Å²) < 4.78 is 13.0. The molecule has 2 heterocycles. The molecule has 7 rings (SSSR count). The van der Waals surface area contributed by atoms with Gasteiger partial charge in [-0.25, -0.2) is 4.79 Å². The molecule has 0 radical (unpaired) electrons. The van der Waals surface area contributed by atoms with Crippen molar-refractivity contribution < 1.29 is 24.2 Å². The van der Waals surface area contributed by atoms with Crippen LogP contribution in [0.25, 0.3) is 0 Å². The van der Waals surface area contributed by atoms with Gasteiger partial charge in [0.25, 0.3) is 0 Å². The Morgan fingerprint density at radius 2 is 1.93 bits per heavy atom. The highest BCUT2D eigenvalue weighted by molar-refractivity contribution is 5.96. The average Bonchev–Trinajstić information content (AvgIpc) is 3.46. The quantitative estimate of drug-likeness (QED) is 0.217. The van der Waals surface area contributed by atoms with Gasteiger partial charge >= 0.3 is 6.09 Å². The molecule has 232 valence electrons. The lowest BCUT2D eigenvalue weighted by atomic mass is 9.51. The van der Waals surface area contributed by atoms with Crippen LogP contribution in [0, 0.1) is 40.9 Å². The molecule has 6 heteroatoms. The highest BCUT2D eigenvalue weighted by atomic mass is 16.6. The molecular weight excluding hydrogens is 538 g/mol. The van der Waals surface area contributed by atoms with E-state index in [1.807, 2.05) is 35.2 Å². The Balaban J connectivity index is 1.12. The molecule has 4 aliphatic carbocycles. The predicted octanol–water partition coefficient (Wildman–Crippen LogP) is 7.78. The first-order valence-corrected chi connectivity index (χ1v) is 16.8. The lowest BCUT2D eigenvalue weighted by Gasteiger charge is -2.52. The molecule has 1 spiro atoms. The van der Waals surface area contributed by atoms with E-state index in [4.69, 9.17) is 9.47 Å². The Morgan fingerprint density at radius 3 is 2.70 bits per heavy atom. The summed E-state index contributed by atoms with van der Waals surface area (Å²) in [5.74, 6) is 2.95. The summed E-state index contributed by atoms with van der Waals surface area (Å²) >= 11 is 0. The number of ether oxygens (including phenoxy) is 2. The maximum atomic E-state index is 13.5. The number of likely N-dealkylation sites (tertiary alicyclic amines) is 1. The number of ketones is 1. The monoisotopic (exact) mass is 587 g/mol. The molecule has 5 fully saturated rings. The molecule has 1 aromatic rings. The summed E-state index contributed by atoms with van der Waals surface area (Å²) in [6.45, 7) is 10.3. The number of hydrogen-bond donors (Lipinski definition) is 1. The Kier molecular flexibility index (Phi) is 7.31. The lowest BCUT2D eigenvalue weighted by molar-refractivity contribution is -0.124. The minimum Gasteiger partial charge on any atom is -0.515 e. The second-order valence-electron chi connectivity index (χ2n) is 15.4. The number of Topliss-reactive ketones (excluding diaryl/α,β-unsaturated/α-hetero) is 1. The minimum absolute atomic E-state index is 0.0424. The van der Waals surface area contributed by atoms with Crippen LogP contribution in [-0.2, 0) is 20.9 Å². The molecule has 1 N–H and O–H groups in total. The fourth-order valence-electron chi connectivity index (χ4n) is 10.9. The fraction of sp³-hybridized carbons (Fsp3) is 0.676. The van der Waals surface area contributed by atoms with Gasteiger partial charge in [-0.1, -0.05) is 62.2 Å². The zero-order valence-corrected chi connectivity index (χ0v) is 26.4. The molecule has 0 aromatic heterocycles. The maximum Gasteiger partial charge on any atom is 0.410 e. The molecule has 1 amide bonds. The van der Waals surface area contributed by atoms with Gasteiger partial charge in [-0.15, -0.1) is 0 Å². The van der Waals surface area contributed by atoms with Crippen molar-refractivity contribution in [2.24, 2.45) is 40.9 Å². The molecule has 0 bridgehead atoms. The van der Waals surface area contributed by atoms with E-state index in [9.17, 15) is 14.7 Å². The van der Waals surface area contributed by atoms with Crippen LogP contribution in [-0.4, -0.2) is 46.2 Å². The number of carbonyl (C=O) groups excluding carboxylic acids is 2. The van der Waals surface area contributed by atoms with Gasteiger partial charge in [-0.3, -0.25) is 4.79 Å². The molecule has 1 aromatic carbocycles. The predicted molar refractivity (Wildman–Crippen MR) is 165 cm³/mol. The summed E-state index contributed by atoms with van der Waals surface area (Å²) in [7, 11) is 0. The number of aliphatic hydroxyl groups is 1. The highest BCUT2D eigenvalue weighted by Gasteiger charge is 2.61. The zero-order valence-electron chi connectivity index (χ0n) is 26.4. The van der Waals surface area contributed by atoms with Crippen LogP contribution in [0.15, 0.2) is 53.3 Å². The smallest absolute Gasteiger partial charge is 0.410 e. The third kappa shape index (κ3) is 4.69. The number of rotatable bonds is 2. The Bertz CT molecular complexity index is 1340. The van der Waals surface area contributed by atoms with Crippen LogP contribution in [0.3, 0.4) is 0 Å². The highest BCUT2D eigenvalue weighted by Crippen LogP contribution is 2.65. The van der Waals surface area contributed by atoms with Crippen molar-refractivity contribution >= 4 is 11.9 Å². The molecule has 43 heavy (non-hydrogen) atoms. The summed E-state index contributed by atoms with van der Waals surface area (Å²) in [6, 6.07) is 9.97. The van der Waals surface area contributed by atoms with Gasteiger partial charge in [0.15, 0.2) is 5.78 Å². The fourth-order valence-corrected chi connectivity index (χ4v) is 10.9. The van der Waals surface area contributed by atoms with Gasteiger partial charge in [0.05, 0.1) is 24.0 Å². The van der Waals surface area contributed by atoms with E-state index in [-0.39, 0.29) is 41.0 Å². The van der Waals surface area contributed by atoms with Gasteiger partial charge in [0, 0.05) is 24.5 Å². The van der Waals surface area contributed by atoms with E-state index >= 15 is 0 Å². The van der Waals surface area contributed by atoms with Crippen LogP contribution in [0.1, 0.15) is 91.0 Å². The van der Waals surface area contributed by atoms with Crippen LogP contribution < -0.4 is 0 Å². The number of hydrogen-bond acceptors (Lipinski definition) is 5. The van der Waals surface area contributed by atoms with Crippen molar-refractivity contribution in [1.82, 2.24) is 4.90 Å². The van der Waals surface area contributed by atoms with Crippen LogP contribution in [0.2, 0.25) is 0 Å². The van der Waals surface area contributed by atoms with E-state index in [2.05, 4.69) is 27.7 Å². The number of nitrogens with zero attached hydrogens (tertiary/aromatic N) is 1. The number of amides is 1. The molecule has 2 saturated heterocycles. The number of aliphatic hydroxyl groups excluding tert-OH is 1. The normalized spacial score (nSPS) is 43.2. The third-order valence-electron chi connectivity index (χ3n) is 13.1. The number of fused-ring (bicyclic) bond motifs is 6. The van der Waals surface area contributed by atoms with E-state index in [0.717, 1.165) is 63.3 Å². The summed E-state index contributed by atoms with van der Waals surface area (Å²) in [5.41, 5.74) is 4.61. The van der Waals surface area contributed by atoms with Crippen LogP contribution >= 0.6 is 0 Å². The first-order valence-electron chi connectivity index (χ1n) is 16.8. The number of piperidine rings is 1. The van der Waals surface area contributed by atoms with Crippen molar-refractivity contribution in [1.29, 1.82) is 0 Å². The summed E-state index contributed by atoms with van der Waals surface area (Å²) in [6.07, 6.45) is 9.75. The van der Waals surface area contributed by atoms with Crippen molar-refractivity contribution in [2.45, 2.75) is 110 Å². The Hall–Kier alpha value is -2.60. The van der Waals surface area contributed by atoms with Gasteiger partial charge in [-0.05, 0) is 98.9 Å². The number of allylic oxidation sites excluding steroid dienone is 2. The number of benzene rings is 1. The van der Waals surface area contributed by atoms with Gasteiger partial charge < -0.3 is 19.5 Å². The third-order valence-corrected chi connectivity index (χ3v) is 13.1. The molecular formula is C37H49NO5. The summed E-state index contributed by atoms with van der Waals surface area (Å²) in [5, 5.41) is 9.84. The maximum absolute atomic E-state index is 13.5. The second-order valence-corrected chi connectivity index (χ2v) is 15.4. The first kappa shape index (κ1) is 29.1. The molecule has 2 aliphatic heterocycles. The molecule has 10 atom stereocenters. The van der Waals surface area contributed by atoms with E-state index < -0.39 is 0 Å². The molecule has 1 unspecified atom stereocenters. The zero-order chi connectivity index (χ0) is 30.1. The van der Waals surface area contributed by atoms with E-state index in [0.29, 0.717) is 48.2 Å². The molecule has 6 aliphatic rings. The van der Waals surface area contributed by atoms with Crippen LogP contribution in [0.4, 0.5) is 4.79 Å². The van der Waals surface area contributed by atoms with Crippen molar-refractivity contribution in [3.8, 4) is 0 Å². The average molecular weight is 588 g/mol. The van der Waals surface area contributed by atoms with Crippen molar-refractivity contribution in [2.75, 3.05) is 6.54 Å². The standard InChI is InChI=1S/C37H49NO5/c1-22-14-33-34(38(19-22)35(41)42-21-25-8-6-5-7-9-25)24(3)37(43-33)13-12-28-29-11-10-27-15-32(40)26(20-39)18-36(27,4)31(29)16-30(28)23(2)17-37/h5-9,20,22,24,27-29,31,33-34,39H,10-19,21H2,1-4H3/b26-20-/t22-,24+,27+,28?,29-,31-,33+,34-,36-,37-/m0/s1. The Morgan fingerprint density at radius 1 is 1.14 bits per heavy atom. The van der Waals surface area contributed by atoms with Crippen LogP contribution in [0.5, 0.6) is 0 Å². The van der Waals surface area contributed by atoms with Crippen molar-refractivity contribution in [3.05, 3.63) is 58.9 Å². The SMILES string of the molecule is CC1=C2C[C@H]3[C@@H](CC[C@@H]4CC(=O)/C(=C\O)C[C@@]43C)C2CC[C@@]2(C1)O[C@@H]1C[C@H](C)CN(C(=O)OCc3ccccc3)[C@H]1[C@H]2C. The minimum atomic E-state index is -0.251. The van der Waals surface area contributed by atoms with E-state index in [1.165, 1.54) is 12.0 Å². The Labute approximate surface area is 256 Å². The van der Waals surface area contributed by atoms with Gasteiger partial charge in [0.1, 0.15) is 6.61 Å². The molecule has 3 saturated carbocycles. The van der Waals surface area contributed by atoms with Crippen molar-refractivity contribution in [3.63, 3.8) is 0 Å². The number of carbonyl (C=O) groups is 2. The van der Waals surface area contributed by atoms with Gasteiger partial charge in [-0.2, -0.15) is 0 Å².